The van der Waals surface area contributed by atoms with E-state index >= 15 is 0 Å². The van der Waals surface area contributed by atoms with Crippen LogP contribution in [0.2, 0.25) is 0 Å². The number of hydrogen-bond acceptors (Lipinski definition) is 3. The van der Waals surface area contributed by atoms with Gasteiger partial charge in [-0.1, -0.05) is 36.4 Å². The number of fused-ring (bicyclic) bond motifs is 1. The molecule has 3 heteroatoms. The summed E-state index contributed by atoms with van der Waals surface area (Å²) in [6.45, 7) is 1.77. The van der Waals surface area contributed by atoms with E-state index in [9.17, 15) is 4.79 Å². The molecule has 0 fully saturated rings. The molecule has 0 aromatic heterocycles. The molecule has 0 N–H and O–H groups in total. The topological polar surface area (TPSA) is 35.5 Å². The van der Waals surface area contributed by atoms with E-state index in [1.807, 2.05) is 42.5 Å². The molecular weight excluding hydrogens is 288 g/mol. The van der Waals surface area contributed by atoms with Gasteiger partial charge in [-0.15, -0.1) is 0 Å². The van der Waals surface area contributed by atoms with Crippen LogP contribution in [0.1, 0.15) is 17.3 Å². The lowest BCUT2D eigenvalue weighted by molar-refractivity contribution is 0.0820. The van der Waals surface area contributed by atoms with Crippen LogP contribution < -0.4 is 9.47 Å². The summed E-state index contributed by atoms with van der Waals surface area (Å²) in [6, 6.07) is 20.9. The van der Waals surface area contributed by atoms with Crippen LogP contribution in [0.25, 0.3) is 10.8 Å². The van der Waals surface area contributed by atoms with Gasteiger partial charge in [0.05, 0.1) is 7.11 Å². The average Bonchev–Trinajstić information content (AvgIpc) is 2.61. The Kier molecular flexibility index (Phi) is 4.29. The summed E-state index contributed by atoms with van der Waals surface area (Å²) < 4.78 is 11.0. The zero-order chi connectivity index (χ0) is 16.2. The number of ether oxygens (including phenoxy) is 2. The lowest BCUT2D eigenvalue weighted by atomic mass is 10.1. The molecule has 3 nitrogen and oxygen atoms in total. The smallest absolute Gasteiger partial charge is 0.202 e. The fraction of sp³-hybridized carbons (Fsp3) is 0.150. The predicted molar refractivity (Wildman–Crippen MR) is 91.4 cm³/mol. The Balaban J connectivity index is 1.82. The summed E-state index contributed by atoms with van der Waals surface area (Å²) in [7, 11) is 1.60. The molecule has 1 atom stereocenters. The Labute approximate surface area is 135 Å². The Morgan fingerprint density at radius 1 is 0.913 bits per heavy atom. The third-order valence-corrected chi connectivity index (χ3v) is 3.80. The standard InChI is InChI=1S/C20H18O3/c1-14(20(21)16-10-12-17(22-2)13-11-16)23-19-9-5-7-15-6-3-4-8-18(15)19/h3-14H,1-2H3/t14-/m1/s1. The van der Waals surface area contributed by atoms with Crippen molar-refractivity contribution in [2.75, 3.05) is 7.11 Å². The largest absolute Gasteiger partial charge is 0.497 e. The van der Waals surface area contributed by atoms with Gasteiger partial charge in [0.2, 0.25) is 5.78 Å². The molecule has 3 aromatic rings. The maximum absolute atomic E-state index is 12.5. The Bertz CT molecular complexity index is 816. The van der Waals surface area contributed by atoms with Crippen LogP contribution in [-0.4, -0.2) is 19.0 Å². The first-order valence-corrected chi connectivity index (χ1v) is 7.52. The number of ketones is 1. The van der Waals surface area contributed by atoms with Crippen LogP contribution in [0, 0.1) is 0 Å². The lowest BCUT2D eigenvalue weighted by Gasteiger charge is -2.15. The highest BCUT2D eigenvalue weighted by molar-refractivity contribution is 6.00. The van der Waals surface area contributed by atoms with E-state index in [4.69, 9.17) is 9.47 Å². The van der Waals surface area contributed by atoms with Crippen molar-refractivity contribution in [3.63, 3.8) is 0 Å². The van der Waals surface area contributed by atoms with E-state index in [1.165, 1.54) is 0 Å². The molecule has 0 saturated heterocycles. The monoisotopic (exact) mass is 306 g/mol. The summed E-state index contributed by atoms with van der Waals surface area (Å²) in [5.74, 6) is 1.39. The van der Waals surface area contributed by atoms with Gasteiger partial charge < -0.3 is 9.47 Å². The van der Waals surface area contributed by atoms with Gasteiger partial charge in [0.15, 0.2) is 6.10 Å². The minimum atomic E-state index is -0.561. The second kappa shape index (κ2) is 6.53. The zero-order valence-corrected chi connectivity index (χ0v) is 13.2. The molecule has 0 radical (unpaired) electrons. The van der Waals surface area contributed by atoms with E-state index in [-0.39, 0.29) is 5.78 Å². The molecule has 0 heterocycles. The number of methoxy groups -OCH3 is 1. The van der Waals surface area contributed by atoms with Crippen molar-refractivity contribution in [1.82, 2.24) is 0 Å². The van der Waals surface area contributed by atoms with Crippen molar-refractivity contribution in [3.05, 3.63) is 72.3 Å². The van der Waals surface area contributed by atoms with Crippen molar-refractivity contribution in [2.45, 2.75) is 13.0 Å². The van der Waals surface area contributed by atoms with Crippen LogP contribution >= 0.6 is 0 Å². The average molecular weight is 306 g/mol. The number of Topliss-reactive ketones (excluding diaryl/α,β-unsaturated/α-hetero) is 1. The van der Waals surface area contributed by atoms with Crippen LogP contribution in [0.3, 0.4) is 0 Å². The third kappa shape index (κ3) is 3.19. The number of carbonyl (C=O) groups is 1. The highest BCUT2D eigenvalue weighted by atomic mass is 16.5. The van der Waals surface area contributed by atoms with Crippen LogP contribution in [0.5, 0.6) is 11.5 Å². The number of hydrogen-bond donors (Lipinski definition) is 0. The van der Waals surface area contributed by atoms with Gasteiger partial charge in [-0.05, 0) is 42.6 Å². The minimum absolute atomic E-state index is 0.0550. The second-order valence-electron chi connectivity index (χ2n) is 5.33. The molecule has 0 bridgehead atoms. The van der Waals surface area contributed by atoms with E-state index < -0.39 is 6.10 Å². The maximum Gasteiger partial charge on any atom is 0.202 e. The Morgan fingerprint density at radius 3 is 2.35 bits per heavy atom. The molecule has 0 amide bonds. The molecule has 116 valence electrons. The first kappa shape index (κ1) is 15.1. The fourth-order valence-electron chi connectivity index (χ4n) is 2.53. The summed E-state index contributed by atoms with van der Waals surface area (Å²) in [5.41, 5.74) is 0.610. The zero-order valence-electron chi connectivity index (χ0n) is 13.2. The van der Waals surface area contributed by atoms with E-state index in [1.54, 1.807) is 38.3 Å². The lowest BCUT2D eigenvalue weighted by Crippen LogP contribution is -2.23. The summed E-state index contributed by atoms with van der Waals surface area (Å²) >= 11 is 0. The fourth-order valence-corrected chi connectivity index (χ4v) is 2.53. The molecule has 3 rings (SSSR count). The molecule has 0 aliphatic carbocycles. The summed E-state index contributed by atoms with van der Waals surface area (Å²) in [5, 5.41) is 2.10. The minimum Gasteiger partial charge on any atom is -0.497 e. The number of rotatable bonds is 5. The van der Waals surface area contributed by atoms with Crippen LogP contribution in [-0.2, 0) is 0 Å². The van der Waals surface area contributed by atoms with E-state index in [2.05, 4.69) is 0 Å². The molecule has 3 aromatic carbocycles. The van der Waals surface area contributed by atoms with Gasteiger partial charge in [-0.2, -0.15) is 0 Å². The Hall–Kier alpha value is -2.81. The highest BCUT2D eigenvalue weighted by Gasteiger charge is 2.17. The molecule has 23 heavy (non-hydrogen) atoms. The van der Waals surface area contributed by atoms with Gasteiger partial charge in [0.1, 0.15) is 11.5 Å². The molecular formula is C20H18O3. The quantitative estimate of drug-likeness (QED) is 0.651. The van der Waals surface area contributed by atoms with Gasteiger partial charge in [0.25, 0.3) is 0 Å². The number of carbonyl (C=O) groups excluding carboxylic acids is 1. The van der Waals surface area contributed by atoms with Gasteiger partial charge in [-0.25, -0.2) is 0 Å². The predicted octanol–water partition coefficient (Wildman–Crippen LogP) is 4.50. The van der Waals surface area contributed by atoms with Crippen molar-refractivity contribution in [3.8, 4) is 11.5 Å². The number of benzene rings is 3. The Morgan fingerprint density at radius 2 is 1.61 bits per heavy atom. The van der Waals surface area contributed by atoms with Crippen molar-refractivity contribution < 1.29 is 14.3 Å². The second-order valence-corrected chi connectivity index (χ2v) is 5.33. The van der Waals surface area contributed by atoms with Crippen molar-refractivity contribution >= 4 is 16.6 Å². The first-order valence-electron chi connectivity index (χ1n) is 7.52. The normalized spacial score (nSPS) is 11.9. The molecule has 0 aliphatic heterocycles. The summed E-state index contributed by atoms with van der Waals surface area (Å²) in [6.07, 6.45) is -0.561. The van der Waals surface area contributed by atoms with Crippen LogP contribution in [0.15, 0.2) is 66.7 Å². The van der Waals surface area contributed by atoms with E-state index in [0.29, 0.717) is 5.56 Å². The van der Waals surface area contributed by atoms with Gasteiger partial charge >= 0.3 is 0 Å². The molecule has 0 unspecified atom stereocenters. The van der Waals surface area contributed by atoms with Crippen molar-refractivity contribution in [1.29, 1.82) is 0 Å². The highest BCUT2D eigenvalue weighted by Crippen LogP contribution is 2.26. The third-order valence-electron chi connectivity index (χ3n) is 3.80. The van der Waals surface area contributed by atoms with E-state index in [0.717, 1.165) is 22.3 Å². The summed E-state index contributed by atoms with van der Waals surface area (Å²) in [4.78, 5) is 12.5. The van der Waals surface area contributed by atoms with Crippen LogP contribution in [0.4, 0.5) is 0 Å². The molecule has 0 spiro atoms. The maximum atomic E-state index is 12.5. The first-order chi connectivity index (χ1) is 11.2. The molecule has 0 saturated carbocycles. The molecule has 0 aliphatic rings. The SMILES string of the molecule is COc1ccc(C(=O)[C@@H](C)Oc2cccc3ccccc23)cc1. The van der Waals surface area contributed by atoms with Gasteiger partial charge in [0, 0.05) is 10.9 Å². The van der Waals surface area contributed by atoms with Gasteiger partial charge in [-0.3, -0.25) is 4.79 Å². The van der Waals surface area contributed by atoms with Crippen molar-refractivity contribution in [2.24, 2.45) is 0 Å².